The molecule has 0 aromatic carbocycles. The van der Waals surface area contributed by atoms with Gasteiger partial charge in [0.15, 0.2) is 0 Å². The Bertz CT molecular complexity index is 585. The molecule has 1 amide bonds. The van der Waals surface area contributed by atoms with Gasteiger partial charge in [-0.1, -0.05) is 0 Å². The van der Waals surface area contributed by atoms with E-state index in [0.717, 1.165) is 25.9 Å². The normalized spacial score (nSPS) is 17.6. The van der Waals surface area contributed by atoms with Crippen LogP contribution in [-0.4, -0.2) is 49.7 Å². The SMILES string of the molecule is O=C(CCNc1ncccn1)N1CCC[C@@H]1Cn1cccn1. The summed E-state index contributed by atoms with van der Waals surface area (Å²) in [5.41, 5.74) is 0. The number of likely N-dealkylation sites (tertiary alicyclic amines) is 1. The number of nitrogens with one attached hydrogen (secondary N) is 1. The monoisotopic (exact) mass is 300 g/mol. The van der Waals surface area contributed by atoms with E-state index in [2.05, 4.69) is 20.4 Å². The largest absolute Gasteiger partial charge is 0.354 e. The average Bonchev–Trinajstić information content (AvgIpc) is 3.20. The van der Waals surface area contributed by atoms with Gasteiger partial charge in [-0.15, -0.1) is 0 Å². The van der Waals surface area contributed by atoms with E-state index >= 15 is 0 Å². The second-order valence-electron chi connectivity index (χ2n) is 5.36. The molecule has 1 atom stereocenters. The van der Waals surface area contributed by atoms with Crippen molar-refractivity contribution in [2.75, 3.05) is 18.4 Å². The van der Waals surface area contributed by atoms with E-state index in [-0.39, 0.29) is 11.9 Å². The number of hydrogen-bond acceptors (Lipinski definition) is 5. The molecule has 1 aliphatic rings. The van der Waals surface area contributed by atoms with Crippen LogP contribution in [0.3, 0.4) is 0 Å². The maximum absolute atomic E-state index is 12.4. The smallest absolute Gasteiger partial charge is 0.224 e. The predicted molar refractivity (Wildman–Crippen MR) is 82.1 cm³/mol. The summed E-state index contributed by atoms with van der Waals surface area (Å²) in [7, 11) is 0. The molecule has 7 heteroatoms. The average molecular weight is 300 g/mol. The summed E-state index contributed by atoms with van der Waals surface area (Å²) in [5, 5.41) is 7.30. The van der Waals surface area contributed by atoms with Crippen LogP contribution in [0, 0.1) is 0 Å². The van der Waals surface area contributed by atoms with Crippen molar-refractivity contribution in [3.05, 3.63) is 36.9 Å². The Balaban J connectivity index is 1.48. The Morgan fingerprint density at radius 2 is 2.14 bits per heavy atom. The van der Waals surface area contributed by atoms with E-state index in [1.54, 1.807) is 24.7 Å². The molecule has 7 nitrogen and oxygen atoms in total. The molecule has 2 aromatic rings. The van der Waals surface area contributed by atoms with Gasteiger partial charge < -0.3 is 10.2 Å². The number of nitrogens with zero attached hydrogens (tertiary/aromatic N) is 5. The van der Waals surface area contributed by atoms with Crippen molar-refractivity contribution in [2.24, 2.45) is 0 Å². The summed E-state index contributed by atoms with van der Waals surface area (Å²) in [4.78, 5) is 22.5. The van der Waals surface area contributed by atoms with Crippen molar-refractivity contribution in [1.82, 2.24) is 24.6 Å². The van der Waals surface area contributed by atoms with Crippen LogP contribution >= 0.6 is 0 Å². The summed E-state index contributed by atoms with van der Waals surface area (Å²) in [6.07, 6.45) is 9.62. The van der Waals surface area contributed by atoms with Gasteiger partial charge in [0, 0.05) is 44.3 Å². The third kappa shape index (κ3) is 3.60. The molecule has 0 aliphatic carbocycles. The Kier molecular flexibility index (Phi) is 4.62. The van der Waals surface area contributed by atoms with E-state index in [4.69, 9.17) is 0 Å². The lowest BCUT2D eigenvalue weighted by Gasteiger charge is -2.24. The Labute approximate surface area is 129 Å². The summed E-state index contributed by atoms with van der Waals surface area (Å²) in [5.74, 6) is 0.739. The molecule has 3 rings (SSSR count). The fraction of sp³-hybridized carbons (Fsp3) is 0.467. The molecule has 0 unspecified atom stereocenters. The Hall–Kier alpha value is -2.44. The third-order valence-corrected chi connectivity index (χ3v) is 3.84. The maximum Gasteiger partial charge on any atom is 0.224 e. The fourth-order valence-electron chi connectivity index (χ4n) is 2.79. The molecular weight excluding hydrogens is 280 g/mol. The molecular formula is C15H20N6O. The van der Waals surface area contributed by atoms with Crippen molar-refractivity contribution in [1.29, 1.82) is 0 Å². The molecule has 0 bridgehead atoms. The van der Waals surface area contributed by atoms with Crippen LogP contribution in [0.15, 0.2) is 36.9 Å². The van der Waals surface area contributed by atoms with Crippen molar-refractivity contribution < 1.29 is 4.79 Å². The van der Waals surface area contributed by atoms with E-state index in [1.165, 1.54) is 0 Å². The van der Waals surface area contributed by atoms with Crippen LogP contribution in [-0.2, 0) is 11.3 Å². The number of carbonyl (C=O) groups excluding carboxylic acids is 1. The second kappa shape index (κ2) is 7.02. The molecule has 1 fully saturated rings. The first-order valence-corrected chi connectivity index (χ1v) is 7.61. The van der Waals surface area contributed by atoms with Gasteiger partial charge >= 0.3 is 0 Å². The van der Waals surface area contributed by atoms with E-state index < -0.39 is 0 Å². The highest BCUT2D eigenvalue weighted by molar-refractivity contribution is 5.77. The molecule has 3 heterocycles. The zero-order chi connectivity index (χ0) is 15.2. The number of aromatic nitrogens is 4. The quantitative estimate of drug-likeness (QED) is 0.866. The second-order valence-corrected chi connectivity index (χ2v) is 5.36. The van der Waals surface area contributed by atoms with Gasteiger partial charge in [0.05, 0.1) is 12.6 Å². The Morgan fingerprint density at radius 3 is 2.91 bits per heavy atom. The third-order valence-electron chi connectivity index (χ3n) is 3.84. The Morgan fingerprint density at radius 1 is 1.27 bits per heavy atom. The van der Waals surface area contributed by atoms with Gasteiger partial charge in [-0.2, -0.15) is 5.10 Å². The number of anilines is 1. The van der Waals surface area contributed by atoms with Gasteiger partial charge in [-0.3, -0.25) is 9.48 Å². The molecule has 2 aromatic heterocycles. The van der Waals surface area contributed by atoms with Gasteiger partial charge in [0.1, 0.15) is 0 Å². The molecule has 0 radical (unpaired) electrons. The van der Waals surface area contributed by atoms with E-state index in [9.17, 15) is 4.79 Å². The van der Waals surface area contributed by atoms with Crippen LogP contribution in [0.25, 0.3) is 0 Å². The molecule has 0 saturated carbocycles. The molecule has 1 aliphatic heterocycles. The minimum absolute atomic E-state index is 0.179. The lowest BCUT2D eigenvalue weighted by molar-refractivity contribution is -0.131. The molecule has 116 valence electrons. The van der Waals surface area contributed by atoms with Crippen molar-refractivity contribution in [3.8, 4) is 0 Å². The molecule has 1 saturated heterocycles. The van der Waals surface area contributed by atoms with Crippen LogP contribution in [0.4, 0.5) is 5.95 Å². The van der Waals surface area contributed by atoms with E-state index in [0.29, 0.717) is 18.9 Å². The number of amides is 1. The standard InChI is InChI=1S/C15H20N6O/c22-14(5-9-18-15-16-6-2-7-17-15)21-11-1-4-13(21)12-20-10-3-8-19-20/h2-3,6-8,10,13H,1,4-5,9,11-12H2,(H,16,17,18)/t13-/m1/s1. The molecule has 0 spiro atoms. The van der Waals surface area contributed by atoms with Crippen LogP contribution in [0.2, 0.25) is 0 Å². The van der Waals surface area contributed by atoms with Crippen molar-refractivity contribution in [2.45, 2.75) is 31.8 Å². The van der Waals surface area contributed by atoms with Crippen molar-refractivity contribution >= 4 is 11.9 Å². The molecule has 1 N–H and O–H groups in total. The minimum atomic E-state index is 0.179. The van der Waals surface area contributed by atoms with Gasteiger partial charge in [-0.25, -0.2) is 9.97 Å². The van der Waals surface area contributed by atoms with Gasteiger partial charge in [0.2, 0.25) is 11.9 Å². The lowest BCUT2D eigenvalue weighted by Crippen LogP contribution is -2.38. The first-order valence-electron chi connectivity index (χ1n) is 7.61. The highest BCUT2D eigenvalue weighted by Crippen LogP contribution is 2.19. The summed E-state index contributed by atoms with van der Waals surface area (Å²) < 4.78 is 1.90. The molecule has 22 heavy (non-hydrogen) atoms. The number of carbonyl (C=O) groups is 1. The highest BCUT2D eigenvalue weighted by Gasteiger charge is 2.28. The lowest BCUT2D eigenvalue weighted by atomic mass is 10.2. The fourth-order valence-corrected chi connectivity index (χ4v) is 2.79. The van der Waals surface area contributed by atoms with Crippen LogP contribution in [0.1, 0.15) is 19.3 Å². The zero-order valence-corrected chi connectivity index (χ0v) is 12.4. The van der Waals surface area contributed by atoms with Gasteiger partial charge in [0.25, 0.3) is 0 Å². The summed E-state index contributed by atoms with van der Waals surface area (Å²) in [6.45, 7) is 2.16. The highest BCUT2D eigenvalue weighted by atomic mass is 16.2. The number of rotatable bonds is 6. The maximum atomic E-state index is 12.4. The summed E-state index contributed by atoms with van der Waals surface area (Å²) in [6, 6.07) is 3.92. The predicted octanol–water partition coefficient (Wildman–Crippen LogP) is 1.17. The first-order chi connectivity index (χ1) is 10.8. The van der Waals surface area contributed by atoms with Crippen molar-refractivity contribution in [3.63, 3.8) is 0 Å². The van der Waals surface area contributed by atoms with E-state index in [1.807, 2.05) is 21.8 Å². The minimum Gasteiger partial charge on any atom is -0.354 e. The van der Waals surface area contributed by atoms with Gasteiger partial charge in [-0.05, 0) is 25.0 Å². The zero-order valence-electron chi connectivity index (χ0n) is 12.4. The van der Waals surface area contributed by atoms with Crippen LogP contribution in [0.5, 0.6) is 0 Å². The van der Waals surface area contributed by atoms with Crippen LogP contribution < -0.4 is 5.32 Å². The topological polar surface area (TPSA) is 75.9 Å². The summed E-state index contributed by atoms with van der Waals surface area (Å²) >= 11 is 0. The number of hydrogen-bond donors (Lipinski definition) is 1. The first kappa shape index (κ1) is 14.5.